The fourth-order valence-corrected chi connectivity index (χ4v) is 2.36. The molecule has 1 saturated heterocycles. The number of rotatable bonds is 4. The molecule has 3 heteroatoms. The summed E-state index contributed by atoms with van der Waals surface area (Å²) in [6.45, 7) is 11.0. The van der Waals surface area contributed by atoms with Gasteiger partial charge in [0.15, 0.2) is 0 Å². The molecule has 0 spiro atoms. The van der Waals surface area contributed by atoms with Crippen LogP contribution < -0.4 is 5.32 Å². The molecule has 2 nitrogen and oxygen atoms in total. The average molecular weight is 216 g/mol. The Bertz CT molecular complexity index is 200. The standard InChI is InChI=1S/C12H25FN2/c1-5-12(6-2)10-15(8-7-13)11(3,4)9-14-12/h14H,5-10H2,1-4H3. The number of hydrogen-bond donors (Lipinski definition) is 1. The molecule has 15 heavy (non-hydrogen) atoms. The van der Waals surface area contributed by atoms with Crippen LogP contribution in [0.1, 0.15) is 40.5 Å². The van der Waals surface area contributed by atoms with Crippen LogP contribution in [0.3, 0.4) is 0 Å². The molecule has 0 unspecified atom stereocenters. The lowest BCUT2D eigenvalue weighted by atomic mass is 9.85. The third-order valence-electron chi connectivity index (χ3n) is 3.95. The zero-order valence-electron chi connectivity index (χ0n) is 10.6. The van der Waals surface area contributed by atoms with Crippen LogP contribution in [0.2, 0.25) is 0 Å². The Morgan fingerprint density at radius 2 is 1.87 bits per heavy atom. The van der Waals surface area contributed by atoms with Gasteiger partial charge >= 0.3 is 0 Å². The molecular formula is C12H25FN2. The minimum Gasteiger partial charge on any atom is -0.308 e. The highest BCUT2D eigenvalue weighted by Crippen LogP contribution is 2.27. The first-order valence-electron chi connectivity index (χ1n) is 6.06. The van der Waals surface area contributed by atoms with Crippen LogP contribution >= 0.6 is 0 Å². The Morgan fingerprint density at radius 3 is 2.33 bits per heavy atom. The molecule has 0 aliphatic carbocycles. The first kappa shape index (κ1) is 12.9. The van der Waals surface area contributed by atoms with E-state index in [2.05, 4.69) is 37.9 Å². The fourth-order valence-electron chi connectivity index (χ4n) is 2.36. The summed E-state index contributed by atoms with van der Waals surface area (Å²) in [6, 6.07) is 0. The van der Waals surface area contributed by atoms with Crippen molar-refractivity contribution in [3.63, 3.8) is 0 Å². The lowest BCUT2D eigenvalue weighted by Gasteiger charge is -2.51. The van der Waals surface area contributed by atoms with E-state index in [1.54, 1.807) is 0 Å². The summed E-state index contributed by atoms with van der Waals surface area (Å²) < 4.78 is 12.5. The molecule has 0 aromatic carbocycles. The van der Waals surface area contributed by atoms with Crippen LogP contribution in [0.25, 0.3) is 0 Å². The molecule has 90 valence electrons. The van der Waals surface area contributed by atoms with Gasteiger partial charge < -0.3 is 5.32 Å². The third kappa shape index (κ3) is 2.70. The van der Waals surface area contributed by atoms with Crippen LogP contribution in [-0.2, 0) is 0 Å². The van der Waals surface area contributed by atoms with E-state index in [1.807, 2.05) is 0 Å². The van der Waals surface area contributed by atoms with Crippen LogP contribution in [-0.4, -0.2) is 42.3 Å². The molecule has 1 N–H and O–H groups in total. The lowest BCUT2D eigenvalue weighted by Crippen LogP contribution is -2.68. The van der Waals surface area contributed by atoms with Gasteiger partial charge in [-0.2, -0.15) is 0 Å². The van der Waals surface area contributed by atoms with E-state index in [1.165, 1.54) is 0 Å². The van der Waals surface area contributed by atoms with Gasteiger partial charge in [0.2, 0.25) is 0 Å². The van der Waals surface area contributed by atoms with E-state index in [-0.39, 0.29) is 17.8 Å². The Labute approximate surface area is 93.2 Å². The van der Waals surface area contributed by atoms with Gasteiger partial charge in [-0.1, -0.05) is 13.8 Å². The first-order valence-corrected chi connectivity index (χ1v) is 6.06. The van der Waals surface area contributed by atoms with Gasteiger partial charge in [0.1, 0.15) is 6.67 Å². The summed E-state index contributed by atoms with van der Waals surface area (Å²) in [6.07, 6.45) is 2.23. The molecule has 0 saturated carbocycles. The van der Waals surface area contributed by atoms with Crippen LogP contribution in [0.5, 0.6) is 0 Å². The van der Waals surface area contributed by atoms with Crippen LogP contribution in [0.15, 0.2) is 0 Å². The van der Waals surface area contributed by atoms with Gasteiger partial charge in [-0.15, -0.1) is 0 Å². The predicted molar refractivity (Wildman–Crippen MR) is 62.9 cm³/mol. The number of piperazine rings is 1. The fraction of sp³-hybridized carbons (Fsp3) is 1.00. The Kier molecular flexibility index (Phi) is 4.13. The molecule has 1 fully saturated rings. The molecule has 0 bridgehead atoms. The highest BCUT2D eigenvalue weighted by molar-refractivity contribution is 5.00. The van der Waals surface area contributed by atoms with Gasteiger partial charge in [0.05, 0.1) is 0 Å². The minimum absolute atomic E-state index is 0.0833. The van der Waals surface area contributed by atoms with Crippen molar-refractivity contribution in [1.29, 1.82) is 0 Å². The number of hydrogen-bond acceptors (Lipinski definition) is 2. The van der Waals surface area contributed by atoms with Crippen molar-refractivity contribution in [1.82, 2.24) is 10.2 Å². The number of halogens is 1. The topological polar surface area (TPSA) is 15.3 Å². The first-order chi connectivity index (χ1) is 6.99. The monoisotopic (exact) mass is 216 g/mol. The maximum atomic E-state index is 12.5. The van der Waals surface area contributed by atoms with E-state index in [0.29, 0.717) is 6.54 Å². The second-order valence-electron chi connectivity index (χ2n) is 5.26. The van der Waals surface area contributed by atoms with Crippen molar-refractivity contribution >= 4 is 0 Å². The molecule has 1 aliphatic rings. The predicted octanol–water partition coefficient (Wildman–Crippen LogP) is 2.20. The molecule has 0 radical (unpaired) electrons. The molecule has 0 aromatic rings. The van der Waals surface area contributed by atoms with Crippen molar-refractivity contribution in [3.8, 4) is 0 Å². The summed E-state index contributed by atoms with van der Waals surface area (Å²) >= 11 is 0. The van der Waals surface area contributed by atoms with E-state index in [4.69, 9.17) is 0 Å². The van der Waals surface area contributed by atoms with Crippen molar-refractivity contribution in [2.45, 2.75) is 51.6 Å². The normalized spacial score (nSPS) is 25.4. The van der Waals surface area contributed by atoms with E-state index < -0.39 is 0 Å². The van der Waals surface area contributed by atoms with Crippen molar-refractivity contribution in [2.75, 3.05) is 26.3 Å². The van der Waals surface area contributed by atoms with Gasteiger partial charge in [0.25, 0.3) is 0 Å². The highest BCUT2D eigenvalue weighted by Gasteiger charge is 2.40. The summed E-state index contributed by atoms with van der Waals surface area (Å²) in [5.41, 5.74) is 0.282. The Balaban J connectivity index is 2.73. The number of nitrogens with one attached hydrogen (secondary N) is 1. The molecule has 0 atom stereocenters. The summed E-state index contributed by atoms with van der Waals surface area (Å²) in [4.78, 5) is 2.29. The highest BCUT2D eigenvalue weighted by atomic mass is 19.1. The molecule has 0 amide bonds. The maximum Gasteiger partial charge on any atom is 0.102 e. The van der Waals surface area contributed by atoms with Crippen molar-refractivity contribution in [3.05, 3.63) is 0 Å². The SMILES string of the molecule is CCC1(CC)CN(CCF)C(C)(C)CN1. The Hall–Kier alpha value is -0.150. The molecule has 0 aromatic heterocycles. The van der Waals surface area contributed by atoms with Gasteiger partial charge in [0, 0.05) is 30.7 Å². The summed E-state index contributed by atoms with van der Waals surface area (Å²) in [7, 11) is 0. The summed E-state index contributed by atoms with van der Waals surface area (Å²) in [5, 5.41) is 3.65. The quantitative estimate of drug-likeness (QED) is 0.775. The zero-order chi connectivity index (χ0) is 11.5. The lowest BCUT2D eigenvalue weighted by molar-refractivity contribution is 0.0187. The van der Waals surface area contributed by atoms with E-state index in [0.717, 1.165) is 25.9 Å². The smallest absolute Gasteiger partial charge is 0.102 e. The van der Waals surface area contributed by atoms with Gasteiger partial charge in [-0.05, 0) is 26.7 Å². The zero-order valence-corrected chi connectivity index (χ0v) is 10.6. The second kappa shape index (κ2) is 4.79. The van der Waals surface area contributed by atoms with Crippen molar-refractivity contribution in [2.24, 2.45) is 0 Å². The average Bonchev–Trinajstić information content (AvgIpc) is 2.22. The molecule has 1 heterocycles. The molecule has 1 aliphatic heterocycles. The number of alkyl halides is 1. The maximum absolute atomic E-state index is 12.5. The van der Waals surface area contributed by atoms with Gasteiger partial charge in [-0.25, -0.2) is 4.39 Å². The van der Waals surface area contributed by atoms with E-state index in [9.17, 15) is 4.39 Å². The summed E-state index contributed by atoms with van der Waals surface area (Å²) in [5.74, 6) is 0. The second-order valence-corrected chi connectivity index (χ2v) is 5.26. The van der Waals surface area contributed by atoms with Crippen LogP contribution in [0, 0.1) is 0 Å². The molecule has 1 rings (SSSR count). The largest absolute Gasteiger partial charge is 0.308 e. The van der Waals surface area contributed by atoms with Crippen LogP contribution in [0.4, 0.5) is 4.39 Å². The van der Waals surface area contributed by atoms with Crippen molar-refractivity contribution < 1.29 is 4.39 Å². The minimum atomic E-state index is -0.243. The number of nitrogens with zero attached hydrogens (tertiary/aromatic N) is 1. The third-order valence-corrected chi connectivity index (χ3v) is 3.95. The van der Waals surface area contributed by atoms with Gasteiger partial charge in [-0.3, -0.25) is 4.90 Å². The Morgan fingerprint density at radius 1 is 1.27 bits per heavy atom. The van der Waals surface area contributed by atoms with E-state index >= 15 is 0 Å². The molecular weight excluding hydrogens is 191 g/mol.